The van der Waals surface area contributed by atoms with Gasteiger partial charge in [0.05, 0.1) is 12.2 Å². The van der Waals surface area contributed by atoms with Crippen LogP contribution in [0.1, 0.15) is 43.5 Å². The van der Waals surface area contributed by atoms with Crippen molar-refractivity contribution in [3.8, 4) is 0 Å². The van der Waals surface area contributed by atoms with E-state index in [1.807, 2.05) is 0 Å². The van der Waals surface area contributed by atoms with Crippen molar-refractivity contribution in [2.45, 2.75) is 50.4 Å². The highest BCUT2D eigenvalue weighted by atomic mass is 16.5. The zero-order chi connectivity index (χ0) is 12.4. The van der Waals surface area contributed by atoms with Crippen molar-refractivity contribution in [2.75, 3.05) is 13.2 Å². The number of aromatic nitrogens is 2. The summed E-state index contributed by atoms with van der Waals surface area (Å²) in [5.41, 5.74) is 5.58. The lowest BCUT2D eigenvalue weighted by Gasteiger charge is -2.07. The van der Waals surface area contributed by atoms with E-state index in [4.69, 9.17) is 19.7 Å². The van der Waals surface area contributed by atoms with Gasteiger partial charge in [-0.25, -0.2) is 0 Å². The first kappa shape index (κ1) is 12.1. The Labute approximate surface area is 106 Å². The fraction of sp³-hybridized carbons (Fsp3) is 0.833. The van der Waals surface area contributed by atoms with Gasteiger partial charge in [-0.15, -0.1) is 0 Å². The Hall–Kier alpha value is -0.980. The lowest BCUT2D eigenvalue weighted by molar-refractivity contribution is 0.0307. The van der Waals surface area contributed by atoms with Gasteiger partial charge in [-0.2, -0.15) is 4.98 Å². The molecule has 18 heavy (non-hydrogen) atoms. The molecular formula is C12H19N3O3. The first-order valence-electron chi connectivity index (χ1n) is 6.65. The highest BCUT2D eigenvalue weighted by Crippen LogP contribution is 2.31. The Morgan fingerprint density at radius 1 is 1.22 bits per heavy atom. The standard InChI is InChI=1S/C12H19N3O3/c13-7-9-3-4-10(17-9)12-14-11(15-18-12)6-8-2-1-5-16-8/h8-10H,1-7,13H2. The quantitative estimate of drug-likeness (QED) is 0.860. The number of ether oxygens (including phenoxy) is 2. The van der Waals surface area contributed by atoms with E-state index in [9.17, 15) is 0 Å². The third-order valence-corrected chi connectivity index (χ3v) is 3.56. The largest absolute Gasteiger partial charge is 0.378 e. The van der Waals surface area contributed by atoms with Gasteiger partial charge >= 0.3 is 0 Å². The van der Waals surface area contributed by atoms with E-state index < -0.39 is 0 Å². The molecule has 3 unspecified atom stereocenters. The molecule has 0 aromatic carbocycles. The molecule has 0 spiro atoms. The summed E-state index contributed by atoms with van der Waals surface area (Å²) in [6.07, 6.45) is 5.10. The van der Waals surface area contributed by atoms with Gasteiger partial charge in [-0.05, 0) is 25.7 Å². The molecule has 6 heteroatoms. The molecular weight excluding hydrogens is 234 g/mol. The zero-order valence-corrected chi connectivity index (χ0v) is 10.4. The molecule has 3 atom stereocenters. The summed E-state index contributed by atoms with van der Waals surface area (Å²) in [7, 11) is 0. The molecule has 0 bridgehead atoms. The van der Waals surface area contributed by atoms with E-state index in [0.29, 0.717) is 12.4 Å². The van der Waals surface area contributed by atoms with E-state index in [1.54, 1.807) is 0 Å². The summed E-state index contributed by atoms with van der Waals surface area (Å²) in [6.45, 7) is 1.40. The molecule has 6 nitrogen and oxygen atoms in total. The van der Waals surface area contributed by atoms with Gasteiger partial charge < -0.3 is 19.7 Å². The minimum atomic E-state index is -0.0794. The summed E-state index contributed by atoms with van der Waals surface area (Å²) in [5, 5.41) is 4.00. The Morgan fingerprint density at radius 3 is 2.89 bits per heavy atom. The smallest absolute Gasteiger partial charge is 0.255 e. The molecule has 1 aromatic rings. The number of nitrogens with zero attached hydrogens (tertiary/aromatic N) is 2. The Kier molecular flexibility index (Phi) is 3.58. The minimum Gasteiger partial charge on any atom is -0.378 e. The molecule has 100 valence electrons. The van der Waals surface area contributed by atoms with Crippen LogP contribution in [0, 0.1) is 0 Å². The van der Waals surface area contributed by atoms with Gasteiger partial charge in [-0.1, -0.05) is 5.16 Å². The van der Waals surface area contributed by atoms with Crippen LogP contribution >= 0.6 is 0 Å². The molecule has 2 aliphatic rings. The maximum atomic E-state index is 5.73. The van der Waals surface area contributed by atoms with E-state index in [2.05, 4.69) is 10.1 Å². The lowest BCUT2D eigenvalue weighted by Crippen LogP contribution is -2.18. The molecule has 0 aliphatic carbocycles. The first-order chi connectivity index (χ1) is 8.85. The molecule has 2 fully saturated rings. The molecule has 3 rings (SSSR count). The van der Waals surface area contributed by atoms with Crippen molar-refractivity contribution in [2.24, 2.45) is 5.73 Å². The van der Waals surface area contributed by atoms with Crippen molar-refractivity contribution in [3.63, 3.8) is 0 Å². The summed E-state index contributed by atoms with van der Waals surface area (Å²) in [6, 6.07) is 0. The maximum absolute atomic E-state index is 5.73. The first-order valence-corrected chi connectivity index (χ1v) is 6.65. The van der Waals surface area contributed by atoms with Crippen molar-refractivity contribution < 1.29 is 14.0 Å². The van der Waals surface area contributed by atoms with Crippen LogP contribution < -0.4 is 5.73 Å². The van der Waals surface area contributed by atoms with Crippen LogP contribution in [0.5, 0.6) is 0 Å². The van der Waals surface area contributed by atoms with Crippen LogP contribution in [-0.4, -0.2) is 35.5 Å². The zero-order valence-electron chi connectivity index (χ0n) is 10.4. The summed E-state index contributed by atoms with van der Waals surface area (Å²) >= 11 is 0. The fourth-order valence-electron chi connectivity index (χ4n) is 2.55. The van der Waals surface area contributed by atoms with E-state index in [1.165, 1.54) is 0 Å². The second-order valence-electron chi connectivity index (χ2n) is 4.95. The maximum Gasteiger partial charge on any atom is 0.255 e. The second-order valence-corrected chi connectivity index (χ2v) is 4.95. The average Bonchev–Trinajstić information content (AvgIpc) is 3.09. The van der Waals surface area contributed by atoms with Crippen LogP contribution in [0.3, 0.4) is 0 Å². The summed E-state index contributed by atoms with van der Waals surface area (Å²) in [5.74, 6) is 1.30. The predicted molar refractivity (Wildman–Crippen MR) is 62.9 cm³/mol. The van der Waals surface area contributed by atoms with Crippen LogP contribution in [-0.2, 0) is 15.9 Å². The van der Waals surface area contributed by atoms with Crippen molar-refractivity contribution in [1.82, 2.24) is 10.1 Å². The van der Waals surface area contributed by atoms with E-state index >= 15 is 0 Å². The lowest BCUT2D eigenvalue weighted by atomic mass is 10.2. The topological polar surface area (TPSA) is 83.4 Å². The number of nitrogens with two attached hydrogens (primary N) is 1. The van der Waals surface area contributed by atoms with Gasteiger partial charge in [0, 0.05) is 19.6 Å². The van der Waals surface area contributed by atoms with Crippen molar-refractivity contribution >= 4 is 0 Å². The highest BCUT2D eigenvalue weighted by Gasteiger charge is 2.30. The Morgan fingerprint density at radius 2 is 2.17 bits per heavy atom. The van der Waals surface area contributed by atoms with Gasteiger partial charge in [0.1, 0.15) is 6.10 Å². The molecule has 2 saturated heterocycles. The minimum absolute atomic E-state index is 0.0794. The van der Waals surface area contributed by atoms with Crippen LogP contribution in [0.15, 0.2) is 4.52 Å². The van der Waals surface area contributed by atoms with Crippen LogP contribution in [0.2, 0.25) is 0 Å². The molecule has 2 aliphatic heterocycles. The van der Waals surface area contributed by atoms with Crippen LogP contribution in [0.25, 0.3) is 0 Å². The molecule has 3 heterocycles. The van der Waals surface area contributed by atoms with Crippen molar-refractivity contribution in [3.05, 3.63) is 11.7 Å². The van der Waals surface area contributed by atoms with Crippen molar-refractivity contribution in [1.29, 1.82) is 0 Å². The number of rotatable bonds is 4. The SMILES string of the molecule is NCC1CCC(c2nc(CC3CCCO3)no2)O1. The third-order valence-electron chi connectivity index (χ3n) is 3.56. The third kappa shape index (κ3) is 2.55. The van der Waals surface area contributed by atoms with Gasteiger partial charge in [0.25, 0.3) is 5.89 Å². The Bertz CT molecular complexity index is 390. The van der Waals surface area contributed by atoms with E-state index in [-0.39, 0.29) is 18.3 Å². The highest BCUT2D eigenvalue weighted by molar-refractivity contribution is 4.95. The normalized spacial score (nSPS) is 32.2. The summed E-state index contributed by atoms with van der Waals surface area (Å²) in [4.78, 5) is 4.40. The number of hydrogen-bond acceptors (Lipinski definition) is 6. The molecule has 1 aromatic heterocycles. The van der Waals surface area contributed by atoms with Crippen LogP contribution in [0.4, 0.5) is 0 Å². The monoisotopic (exact) mass is 253 g/mol. The molecule has 0 radical (unpaired) electrons. The Balaban J connectivity index is 1.59. The fourth-order valence-corrected chi connectivity index (χ4v) is 2.55. The molecule has 2 N–H and O–H groups in total. The van der Waals surface area contributed by atoms with Gasteiger partial charge in [0.2, 0.25) is 0 Å². The second kappa shape index (κ2) is 5.34. The molecule has 0 amide bonds. The average molecular weight is 253 g/mol. The summed E-state index contributed by atoms with van der Waals surface area (Å²) < 4.78 is 16.6. The van der Waals surface area contributed by atoms with Gasteiger partial charge in [-0.3, -0.25) is 0 Å². The van der Waals surface area contributed by atoms with E-state index in [0.717, 1.165) is 44.5 Å². The van der Waals surface area contributed by atoms with Gasteiger partial charge in [0.15, 0.2) is 5.82 Å². The predicted octanol–water partition coefficient (Wildman–Crippen LogP) is 0.970. The number of hydrogen-bond donors (Lipinski definition) is 1. The molecule has 0 saturated carbocycles.